The van der Waals surface area contributed by atoms with E-state index in [1.807, 2.05) is 6.07 Å². The Morgan fingerprint density at radius 1 is 1.60 bits per heavy atom. The number of pyridine rings is 1. The van der Waals surface area contributed by atoms with Crippen LogP contribution < -0.4 is 5.73 Å². The molecular weight excluding hydrogens is 278 g/mol. The third kappa shape index (κ3) is 1.94. The Kier molecular flexibility index (Phi) is 3.13. The van der Waals surface area contributed by atoms with Gasteiger partial charge in [0.15, 0.2) is 0 Å². The number of carbonyl (C=O) groups excluding carboxylic acids is 1. The van der Waals surface area contributed by atoms with E-state index < -0.39 is 5.97 Å². The first-order valence-electron chi connectivity index (χ1n) is 6.17. The number of anilines is 1. The minimum Gasteiger partial charge on any atom is -0.477 e. The largest absolute Gasteiger partial charge is 0.477 e. The number of nitrogens with zero attached hydrogens (tertiary/aromatic N) is 2. The van der Waals surface area contributed by atoms with Crippen LogP contribution in [0.5, 0.6) is 0 Å². The molecule has 2 aliphatic heterocycles. The second-order valence-corrected chi connectivity index (χ2v) is 5.83. The van der Waals surface area contributed by atoms with Crippen LogP contribution in [0.1, 0.15) is 5.56 Å². The highest BCUT2D eigenvalue weighted by atomic mass is 32.2. The van der Waals surface area contributed by atoms with Gasteiger partial charge < -0.3 is 10.8 Å². The number of thioether (sulfide) groups is 1. The van der Waals surface area contributed by atoms with Crippen LogP contribution in [0.3, 0.4) is 0 Å². The van der Waals surface area contributed by atoms with E-state index in [-0.39, 0.29) is 22.9 Å². The smallest absolute Gasteiger partial charge is 0.352 e. The maximum absolute atomic E-state index is 12.2. The molecule has 0 radical (unpaired) electrons. The molecule has 104 valence electrons. The normalized spacial score (nSPS) is 24.7. The van der Waals surface area contributed by atoms with Crippen molar-refractivity contribution < 1.29 is 14.7 Å². The van der Waals surface area contributed by atoms with Crippen molar-refractivity contribution in [2.75, 3.05) is 11.5 Å². The Bertz CT molecular complexity index is 617. The highest BCUT2D eigenvalue weighted by molar-refractivity contribution is 8.00. The lowest BCUT2D eigenvalue weighted by atomic mass is 9.90. The van der Waals surface area contributed by atoms with Gasteiger partial charge in [0.05, 0.1) is 11.3 Å². The third-order valence-corrected chi connectivity index (χ3v) is 4.78. The lowest BCUT2D eigenvalue weighted by Gasteiger charge is -2.48. The van der Waals surface area contributed by atoms with Gasteiger partial charge in [0.1, 0.15) is 11.5 Å². The molecule has 2 unspecified atom stereocenters. The number of carboxylic acids is 1. The first-order chi connectivity index (χ1) is 9.59. The van der Waals surface area contributed by atoms with Crippen LogP contribution in [0.2, 0.25) is 0 Å². The molecule has 2 aliphatic rings. The summed E-state index contributed by atoms with van der Waals surface area (Å²) in [6, 6.07) is 3.63. The second kappa shape index (κ2) is 4.82. The van der Waals surface area contributed by atoms with E-state index in [0.717, 1.165) is 5.56 Å². The molecule has 0 bridgehead atoms. The lowest BCUT2D eigenvalue weighted by molar-refractivity contribution is -0.152. The van der Waals surface area contributed by atoms with Gasteiger partial charge in [-0.25, -0.2) is 9.78 Å². The first-order valence-corrected chi connectivity index (χ1v) is 7.22. The number of aromatic nitrogens is 1. The number of rotatable bonds is 3. The Morgan fingerprint density at radius 2 is 2.40 bits per heavy atom. The van der Waals surface area contributed by atoms with E-state index in [0.29, 0.717) is 18.0 Å². The van der Waals surface area contributed by atoms with Crippen molar-refractivity contribution >= 4 is 29.5 Å². The molecule has 7 heteroatoms. The monoisotopic (exact) mass is 291 g/mol. The van der Waals surface area contributed by atoms with E-state index in [1.165, 1.54) is 4.90 Å². The molecule has 1 aromatic rings. The molecule has 1 amide bonds. The maximum atomic E-state index is 12.2. The fraction of sp³-hybridized carbons (Fsp3) is 0.308. The number of hydrogen-bond acceptors (Lipinski definition) is 5. The number of nitrogens with two attached hydrogens (primary N) is 1. The van der Waals surface area contributed by atoms with Crippen molar-refractivity contribution in [3.63, 3.8) is 0 Å². The maximum Gasteiger partial charge on any atom is 0.352 e. The standard InChI is InChI=1S/C13H13N3O3S/c14-10-7(2-1-4-15-10)6-8-11(17)16-9(13(18)19)3-5-20-12(8)16/h1-4,8,12H,5-6H2,(H2,14,15)(H,18,19). The molecule has 1 fully saturated rings. The predicted octanol–water partition coefficient (Wildman–Crippen LogP) is 0.706. The van der Waals surface area contributed by atoms with Crippen LogP contribution in [0.25, 0.3) is 0 Å². The highest BCUT2D eigenvalue weighted by Crippen LogP contribution is 2.43. The van der Waals surface area contributed by atoms with E-state index in [9.17, 15) is 9.59 Å². The van der Waals surface area contributed by atoms with E-state index in [1.54, 1.807) is 30.1 Å². The molecule has 0 spiro atoms. The molecule has 1 aromatic heterocycles. The summed E-state index contributed by atoms with van der Waals surface area (Å²) in [6.07, 6.45) is 3.68. The van der Waals surface area contributed by atoms with Crippen molar-refractivity contribution in [2.24, 2.45) is 5.92 Å². The summed E-state index contributed by atoms with van der Waals surface area (Å²) in [6.45, 7) is 0. The van der Waals surface area contributed by atoms with Gasteiger partial charge in [-0.15, -0.1) is 11.8 Å². The molecule has 6 nitrogen and oxygen atoms in total. The molecule has 1 saturated heterocycles. The zero-order valence-electron chi connectivity index (χ0n) is 10.5. The number of carboxylic acid groups (broad SMARTS) is 1. The van der Waals surface area contributed by atoms with Crippen molar-refractivity contribution in [3.8, 4) is 0 Å². The molecule has 3 heterocycles. The Hall–Kier alpha value is -2.02. The van der Waals surface area contributed by atoms with Gasteiger partial charge in [0, 0.05) is 11.9 Å². The lowest BCUT2D eigenvalue weighted by Crippen LogP contribution is -2.61. The average Bonchev–Trinajstić information content (AvgIpc) is 2.45. The molecule has 2 atom stereocenters. The zero-order valence-corrected chi connectivity index (χ0v) is 11.3. The molecular formula is C13H13N3O3S. The Balaban J connectivity index is 1.79. The number of hydrogen-bond donors (Lipinski definition) is 2. The van der Waals surface area contributed by atoms with E-state index in [4.69, 9.17) is 10.8 Å². The van der Waals surface area contributed by atoms with Crippen LogP contribution in [0.15, 0.2) is 30.1 Å². The predicted molar refractivity (Wildman–Crippen MR) is 74.7 cm³/mol. The summed E-state index contributed by atoms with van der Waals surface area (Å²) in [5.41, 5.74) is 6.71. The zero-order chi connectivity index (χ0) is 14.3. The van der Waals surface area contributed by atoms with Gasteiger partial charge in [-0.2, -0.15) is 0 Å². The van der Waals surface area contributed by atoms with Crippen LogP contribution in [-0.4, -0.2) is 38.0 Å². The van der Waals surface area contributed by atoms with Gasteiger partial charge in [-0.05, 0) is 24.1 Å². The number of carbonyl (C=O) groups is 2. The molecule has 0 saturated carbocycles. The number of β-lactam (4-membered cyclic amide) rings is 1. The van der Waals surface area contributed by atoms with Crippen LogP contribution in [0.4, 0.5) is 5.82 Å². The van der Waals surface area contributed by atoms with Gasteiger partial charge >= 0.3 is 5.97 Å². The van der Waals surface area contributed by atoms with Gasteiger partial charge in [-0.1, -0.05) is 6.07 Å². The van der Waals surface area contributed by atoms with Gasteiger partial charge in [0.25, 0.3) is 0 Å². The third-order valence-electron chi connectivity index (χ3n) is 3.54. The summed E-state index contributed by atoms with van der Waals surface area (Å²) >= 11 is 1.58. The summed E-state index contributed by atoms with van der Waals surface area (Å²) in [4.78, 5) is 28.7. The number of fused-ring (bicyclic) bond motifs is 1. The summed E-state index contributed by atoms with van der Waals surface area (Å²) in [5.74, 6) is -0.403. The number of nitrogen functional groups attached to an aromatic ring is 1. The van der Waals surface area contributed by atoms with Crippen LogP contribution in [-0.2, 0) is 16.0 Å². The SMILES string of the molecule is Nc1ncccc1CC1C(=O)N2C(C(=O)O)=CCSC12. The van der Waals surface area contributed by atoms with Crippen molar-refractivity contribution in [1.29, 1.82) is 0 Å². The summed E-state index contributed by atoms with van der Waals surface area (Å²) in [7, 11) is 0. The van der Waals surface area contributed by atoms with Crippen molar-refractivity contribution in [2.45, 2.75) is 11.8 Å². The van der Waals surface area contributed by atoms with E-state index in [2.05, 4.69) is 4.98 Å². The highest BCUT2D eigenvalue weighted by Gasteiger charge is 2.51. The van der Waals surface area contributed by atoms with Crippen molar-refractivity contribution in [3.05, 3.63) is 35.7 Å². The minimum atomic E-state index is -1.05. The minimum absolute atomic E-state index is 0.0918. The van der Waals surface area contributed by atoms with Gasteiger partial charge in [-0.3, -0.25) is 9.69 Å². The Labute approximate surface area is 119 Å². The first kappa shape index (κ1) is 13.0. The average molecular weight is 291 g/mol. The number of amides is 1. The molecule has 0 aliphatic carbocycles. The fourth-order valence-corrected chi connectivity index (χ4v) is 3.80. The second-order valence-electron chi connectivity index (χ2n) is 4.69. The number of aliphatic carboxylic acids is 1. The van der Waals surface area contributed by atoms with Crippen LogP contribution >= 0.6 is 11.8 Å². The Morgan fingerprint density at radius 3 is 3.10 bits per heavy atom. The quantitative estimate of drug-likeness (QED) is 0.796. The summed E-state index contributed by atoms with van der Waals surface area (Å²) < 4.78 is 0. The molecule has 3 rings (SSSR count). The summed E-state index contributed by atoms with van der Waals surface area (Å²) in [5, 5.41) is 8.98. The van der Waals surface area contributed by atoms with E-state index >= 15 is 0 Å². The van der Waals surface area contributed by atoms with Crippen molar-refractivity contribution in [1.82, 2.24) is 9.88 Å². The molecule has 0 aromatic carbocycles. The van der Waals surface area contributed by atoms with Gasteiger partial charge in [0.2, 0.25) is 5.91 Å². The van der Waals surface area contributed by atoms with Crippen LogP contribution in [0, 0.1) is 5.92 Å². The topological polar surface area (TPSA) is 96.5 Å². The fourth-order valence-electron chi connectivity index (χ4n) is 2.53. The molecule has 3 N–H and O–H groups in total. The molecule has 20 heavy (non-hydrogen) atoms.